The second kappa shape index (κ2) is 6.21. The Labute approximate surface area is 70.0 Å². The van der Waals surface area contributed by atoms with Crippen molar-refractivity contribution >= 4 is 12.1 Å². The van der Waals surface area contributed by atoms with Gasteiger partial charge >= 0.3 is 12.1 Å². The van der Waals surface area contributed by atoms with Crippen LogP contribution in [-0.4, -0.2) is 30.3 Å². The highest BCUT2D eigenvalue weighted by Gasteiger charge is 2.02. The van der Waals surface area contributed by atoms with Gasteiger partial charge in [0.2, 0.25) is 0 Å². The summed E-state index contributed by atoms with van der Waals surface area (Å²) in [6.45, 7) is 3.22. The molecule has 0 saturated carbocycles. The predicted molar refractivity (Wildman–Crippen MR) is 41.8 cm³/mol. The molecular weight excluding hydrogens is 162 g/mol. The maximum atomic E-state index is 10.6. The molecule has 0 aromatic carbocycles. The van der Waals surface area contributed by atoms with E-state index in [1.807, 2.05) is 5.32 Å². The normalized spacial score (nSPS) is 8.67. The molecule has 0 saturated heterocycles. The number of hydrogen-bond donors (Lipinski definition) is 2. The van der Waals surface area contributed by atoms with Gasteiger partial charge in [-0.15, -0.1) is 6.58 Å². The molecule has 0 bridgehead atoms. The lowest BCUT2D eigenvalue weighted by Gasteiger charge is -2.02. The Morgan fingerprint density at radius 1 is 1.58 bits per heavy atom. The van der Waals surface area contributed by atoms with Gasteiger partial charge < -0.3 is 15.2 Å². The maximum absolute atomic E-state index is 10.6. The summed E-state index contributed by atoms with van der Waals surface area (Å²) in [6.07, 6.45) is 1.43. The Bertz CT molecular complexity index is 178. The summed E-state index contributed by atoms with van der Waals surface area (Å²) >= 11 is 0. The maximum Gasteiger partial charge on any atom is 0.407 e. The topological polar surface area (TPSA) is 75.6 Å². The number of carboxylic acid groups (broad SMARTS) is 1. The predicted octanol–water partition coefficient (Wildman–Crippen LogP) is 0.373. The summed E-state index contributed by atoms with van der Waals surface area (Å²) in [5, 5.41) is 10.2. The van der Waals surface area contributed by atoms with Gasteiger partial charge in [0, 0.05) is 0 Å². The van der Waals surface area contributed by atoms with Crippen molar-refractivity contribution in [2.75, 3.05) is 13.2 Å². The van der Waals surface area contributed by atoms with Crippen molar-refractivity contribution in [3.63, 3.8) is 0 Å². The van der Waals surface area contributed by atoms with Crippen LogP contribution in [0.4, 0.5) is 4.79 Å². The number of ether oxygens (including phenoxy) is 1. The smallest absolute Gasteiger partial charge is 0.407 e. The van der Waals surface area contributed by atoms with Gasteiger partial charge in [-0.25, -0.2) is 4.79 Å². The number of carboxylic acids is 1. The van der Waals surface area contributed by atoms with Gasteiger partial charge in [0.15, 0.2) is 0 Å². The highest BCUT2D eigenvalue weighted by molar-refractivity contribution is 5.76. The fraction of sp³-hybridized carbons (Fsp3) is 0.429. The van der Waals surface area contributed by atoms with Gasteiger partial charge in [-0.05, 0) is 6.42 Å². The monoisotopic (exact) mass is 173 g/mol. The molecule has 0 aromatic heterocycles. The molecule has 5 heteroatoms. The molecule has 2 N–H and O–H groups in total. The van der Waals surface area contributed by atoms with Crippen molar-refractivity contribution in [2.45, 2.75) is 6.42 Å². The fourth-order valence-corrected chi connectivity index (χ4v) is 0.434. The minimum Gasteiger partial charge on any atom is -0.480 e. The first-order valence-corrected chi connectivity index (χ1v) is 3.40. The minimum absolute atomic E-state index is 0.217. The standard InChI is InChI=1S/C7H11NO4/c1-2-3-4-12-7(11)8-5-6(9)10/h2H,1,3-5H2,(H,8,11)(H,9,10). The van der Waals surface area contributed by atoms with Crippen LogP contribution >= 0.6 is 0 Å². The van der Waals surface area contributed by atoms with Gasteiger partial charge in [0.05, 0.1) is 6.61 Å². The molecule has 68 valence electrons. The molecule has 0 heterocycles. The fourth-order valence-electron chi connectivity index (χ4n) is 0.434. The summed E-state index contributed by atoms with van der Waals surface area (Å²) in [7, 11) is 0. The van der Waals surface area contributed by atoms with Crippen LogP contribution in [0.2, 0.25) is 0 Å². The number of rotatable bonds is 5. The Kier molecular flexibility index (Phi) is 5.42. The third kappa shape index (κ3) is 6.60. The van der Waals surface area contributed by atoms with Crippen molar-refractivity contribution in [3.05, 3.63) is 12.7 Å². The average molecular weight is 173 g/mol. The Balaban J connectivity index is 3.33. The number of aliphatic carboxylic acids is 1. The van der Waals surface area contributed by atoms with Crippen molar-refractivity contribution in [1.82, 2.24) is 5.32 Å². The number of hydrogen-bond acceptors (Lipinski definition) is 3. The molecule has 0 aliphatic rings. The van der Waals surface area contributed by atoms with Crippen molar-refractivity contribution in [1.29, 1.82) is 0 Å². The summed E-state index contributed by atoms with van der Waals surface area (Å²) in [4.78, 5) is 20.5. The van der Waals surface area contributed by atoms with Crippen molar-refractivity contribution in [2.24, 2.45) is 0 Å². The molecule has 0 spiro atoms. The number of nitrogens with one attached hydrogen (secondary N) is 1. The minimum atomic E-state index is -1.10. The second-order valence-corrected chi connectivity index (χ2v) is 1.96. The van der Waals surface area contributed by atoms with E-state index in [2.05, 4.69) is 11.3 Å². The van der Waals surface area contributed by atoms with Crippen LogP contribution in [0.25, 0.3) is 0 Å². The van der Waals surface area contributed by atoms with Gasteiger partial charge in [0.25, 0.3) is 0 Å². The molecule has 0 radical (unpaired) electrons. The van der Waals surface area contributed by atoms with Gasteiger partial charge in [0.1, 0.15) is 6.54 Å². The average Bonchev–Trinajstić information content (AvgIpc) is 2.01. The lowest BCUT2D eigenvalue weighted by molar-refractivity contribution is -0.135. The highest BCUT2D eigenvalue weighted by atomic mass is 16.5. The first-order chi connectivity index (χ1) is 5.66. The van der Waals surface area contributed by atoms with E-state index in [0.29, 0.717) is 6.42 Å². The summed E-state index contributed by atoms with van der Waals surface area (Å²) in [5.74, 6) is -1.10. The molecule has 0 rings (SSSR count). The van der Waals surface area contributed by atoms with E-state index in [-0.39, 0.29) is 6.61 Å². The van der Waals surface area contributed by atoms with Crippen LogP contribution < -0.4 is 5.32 Å². The van der Waals surface area contributed by atoms with Crippen LogP contribution in [0.5, 0.6) is 0 Å². The lowest BCUT2D eigenvalue weighted by atomic mass is 10.5. The molecule has 0 unspecified atom stereocenters. The van der Waals surface area contributed by atoms with Crippen molar-refractivity contribution < 1.29 is 19.4 Å². The third-order valence-corrected chi connectivity index (χ3v) is 0.939. The number of alkyl carbamates (subject to hydrolysis) is 1. The van der Waals surface area contributed by atoms with Gasteiger partial charge in [-0.1, -0.05) is 6.08 Å². The zero-order chi connectivity index (χ0) is 9.40. The molecule has 5 nitrogen and oxygen atoms in total. The van der Waals surface area contributed by atoms with Gasteiger partial charge in [-0.3, -0.25) is 4.79 Å². The van der Waals surface area contributed by atoms with E-state index < -0.39 is 18.6 Å². The third-order valence-electron chi connectivity index (χ3n) is 0.939. The lowest BCUT2D eigenvalue weighted by Crippen LogP contribution is -2.29. The Hall–Kier alpha value is -1.52. The Morgan fingerprint density at radius 3 is 2.75 bits per heavy atom. The van der Waals surface area contributed by atoms with E-state index in [1.165, 1.54) is 0 Å². The van der Waals surface area contributed by atoms with Crippen LogP contribution in [0.3, 0.4) is 0 Å². The molecule has 0 aromatic rings. The number of carbonyl (C=O) groups is 2. The highest BCUT2D eigenvalue weighted by Crippen LogP contribution is 1.83. The Morgan fingerprint density at radius 2 is 2.25 bits per heavy atom. The van der Waals surface area contributed by atoms with Crippen LogP contribution in [0.1, 0.15) is 6.42 Å². The first-order valence-electron chi connectivity index (χ1n) is 3.40. The largest absolute Gasteiger partial charge is 0.480 e. The van der Waals surface area contributed by atoms with E-state index in [9.17, 15) is 9.59 Å². The summed E-state index contributed by atoms with van der Waals surface area (Å²) in [5.41, 5.74) is 0. The molecule has 12 heavy (non-hydrogen) atoms. The molecule has 0 aliphatic heterocycles. The molecular formula is C7H11NO4. The zero-order valence-corrected chi connectivity index (χ0v) is 6.58. The van der Waals surface area contributed by atoms with Crippen LogP contribution in [0.15, 0.2) is 12.7 Å². The molecule has 0 fully saturated rings. The first kappa shape index (κ1) is 10.5. The molecule has 0 aliphatic carbocycles. The number of carbonyl (C=O) groups excluding carboxylic acids is 1. The SMILES string of the molecule is C=CCCOC(=O)NCC(=O)O. The van der Waals surface area contributed by atoms with E-state index >= 15 is 0 Å². The van der Waals surface area contributed by atoms with Crippen LogP contribution in [-0.2, 0) is 9.53 Å². The van der Waals surface area contributed by atoms with Gasteiger partial charge in [-0.2, -0.15) is 0 Å². The summed E-state index contributed by atoms with van der Waals surface area (Å²) < 4.78 is 4.55. The van der Waals surface area contributed by atoms with Crippen molar-refractivity contribution in [3.8, 4) is 0 Å². The summed E-state index contributed by atoms with van der Waals surface area (Å²) in [6, 6.07) is 0. The van der Waals surface area contributed by atoms with Crippen LogP contribution in [0, 0.1) is 0 Å². The van der Waals surface area contributed by atoms with E-state index in [4.69, 9.17) is 5.11 Å². The van der Waals surface area contributed by atoms with E-state index in [0.717, 1.165) is 0 Å². The molecule has 0 atom stereocenters. The zero-order valence-electron chi connectivity index (χ0n) is 6.58. The quantitative estimate of drug-likeness (QED) is 0.465. The molecule has 1 amide bonds. The second-order valence-electron chi connectivity index (χ2n) is 1.96. The van der Waals surface area contributed by atoms with E-state index in [1.54, 1.807) is 6.08 Å². The number of amides is 1.